The van der Waals surface area contributed by atoms with E-state index in [1.165, 1.54) is 6.07 Å². The Labute approximate surface area is 257 Å². The van der Waals surface area contributed by atoms with Crippen molar-refractivity contribution in [1.29, 1.82) is 0 Å². The average Bonchev–Trinajstić information content (AvgIpc) is 2.94. The zero-order valence-electron chi connectivity index (χ0n) is 26.0. The molecule has 9 nitrogen and oxygen atoms in total. The lowest BCUT2D eigenvalue weighted by atomic mass is 9.86. The van der Waals surface area contributed by atoms with Gasteiger partial charge in [0, 0.05) is 38.3 Å². The van der Waals surface area contributed by atoms with Crippen LogP contribution in [-0.4, -0.2) is 102 Å². The Morgan fingerprint density at radius 1 is 1.02 bits per heavy atom. The van der Waals surface area contributed by atoms with Crippen LogP contribution in [0.15, 0.2) is 18.2 Å². The van der Waals surface area contributed by atoms with Crippen molar-refractivity contribution in [2.75, 3.05) is 51.1 Å². The molecule has 0 spiro atoms. The van der Waals surface area contributed by atoms with Crippen LogP contribution in [0.4, 0.5) is 23.7 Å². The molecule has 3 amide bonds. The first-order valence-corrected chi connectivity index (χ1v) is 16.0. The zero-order chi connectivity index (χ0) is 31.6. The van der Waals surface area contributed by atoms with Gasteiger partial charge in [-0.15, -0.1) is 0 Å². The molecule has 0 aliphatic carbocycles. The summed E-state index contributed by atoms with van der Waals surface area (Å²) in [6.45, 7) is 8.64. The summed E-state index contributed by atoms with van der Waals surface area (Å²) in [7, 11) is 0. The second-order valence-electron chi connectivity index (χ2n) is 13.9. The number of rotatable bonds is 6. The van der Waals surface area contributed by atoms with Crippen molar-refractivity contribution in [3.63, 3.8) is 0 Å². The van der Waals surface area contributed by atoms with Gasteiger partial charge in [0.05, 0.1) is 12.6 Å². The van der Waals surface area contributed by atoms with E-state index in [-0.39, 0.29) is 42.6 Å². The number of benzene rings is 1. The number of carbonyl (C=O) groups is 3. The van der Waals surface area contributed by atoms with Gasteiger partial charge in [0.2, 0.25) is 11.8 Å². The van der Waals surface area contributed by atoms with E-state index in [0.717, 1.165) is 12.8 Å². The minimum atomic E-state index is -2.84. The minimum absolute atomic E-state index is 0.0591. The number of hydrogen-bond acceptors (Lipinski definition) is 7. The van der Waals surface area contributed by atoms with Crippen LogP contribution in [0.2, 0.25) is 0 Å². The number of hydrogen-bond donors (Lipinski definition) is 2. The maximum atomic E-state index is 15.5. The number of alkyl halides is 2. The van der Waals surface area contributed by atoms with Gasteiger partial charge in [0.1, 0.15) is 17.5 Å². The lowest BCUT2D eigenvalue weighted by molar-refractivity contribution is -0.134. The van der Waals surface area contributed by atoms with Crippen LogP contribution in [0.3, 0.4) is 0 Å². The van der Waals surface area contributed by atoms with E-state index >= 15 is 13.2 Å². The Kier molecular flexibility index (Phi) is 9.79. The number of nitrogens with one attached hydrogen (secondary N) is 2. The highest BCUT2D eigenvalue weighted by Crippen LogP contribution is 2.37. The smallest absolute Gasteiger partial charge is 0.410 e. The van der Waals surface area contributed by atoms with Crippen molar-refractivity contribution < 1.29 is 32.3 Å². The molecular formula is C32H46F3N5O4. The van der Waals surface area contributed by atoms with E-state index in [4.69, 9.17) is 4.74 Å². The summed E-state index contributed by atoms with van der Waals surface area (Å²) in [6.07, 6.45) is 3.43. The van der Waals surface area contributed by atoms with Gasteiger partial charge in [0.25, 0.3) is 5.92 Å². The molecule has 4 fully saturated rings. The van der Waals surface area contributed by atoms with Gasteiger partial charge >= 0.3 is 6.09 Å². The largest absolute Gasteiger partial charge is 0.444 e. The van der Waals surface area contributed by atoms with Crippen molar-refractivity contribution in [2.24, 2.45) is 5.92 Å². The Hall–Kier alpha value is -2.86. The highest BCUT2D eigenvalue weighted by atomic mass is 19.3. The molecule has 44 heavy (non-hydrogen) atoms. The van der Waals surface area contributed by atoms with Crippen LogP contribution in [0.1, 0.15) is 77.2 Å². The first-order valence-electron chi connectivity index (χ1n) is 16.0. The van der Waals surface area contributed by atoms with Crippen molar-refractivity contribution in [2.45, 2.75) is 95.2 Å². The first kappa shape index (κ1) is 32.5. The van der Waals surface area contributed by atoms with Crippen LogP contribution in [0.5, 0.6) is 0 Å². The molecule has 2 unspecified atom stereocenters. The molecule has 244 valence electrons. The van der Waals surface area contributed by atoms with Crippen LogP contribution < -0.4 is 10.6 Å². The fraction of sp³-hybridized carbons (Fsp3) is 0.719. The van der Waals surface area contributed by atoms with Gasteiger partial charge < -0.3 is 15.0 Å². The molecule has 4 saturated heterocycles. The number of ether oxygens (including phenoxy) is 1. The SMILES string of the molecule is CC(C)(C)OC(=O)N1CCC(CN2CCC(N3CCC(c4ccc(NC5CCC(=O)NC5=O)cc4F)CC3)C(F)(F)C2)CC1. The quantitative estimate of drug-likeness (QED) is 0.450. The van der Waals surface area contributed by atoms with Crippen LogP contribution >= 0.6 is 0 Å². The molecule has 4 aliphatic heterocycles. The Morgan fingerprint density at radius 3 is 2.34 bits per heavy atom. The van der Waals surface area contributed by atoms with Crippen LogP contribution in [0.25, 0.3) is 0 Å². The second-order valence-corrected chi connectivity index (χ2v) is 13.9. The minimum Gasteiger partial charge on any atom is -0.444 e. The molecular weight excluding hydrogens is 575 g/mol. The first-order chi connectivity index (χ1) is 20.8. The van der Waals surface area contributed by atoms with Gasteiger partial charge in [0.15, 0.2) is 0 Å². The van der Waals surface area contributed by atoms with E-state index in [1.807, 2.05) is 30.6 Å². The summed E-state index contributed by atoms with van der Waals surface area (Å²) in [4.78, 5) is 41.2. The lowest BCUT2D eigenvalue weighted by Crippen LogP contribution is -2.60. The number of nitrogens with zero attached hydrogens (tertiary/aromatic N) is 3. The number of carbonyl (C=O) groups excluding carboxylic acids is 3. The number of anilines is 1. The standard InChI is InChI=1S/C32H46F3N5O4/c1-31(2,3)44-30(43)40-14-8-21(9-15-40)19-38-13-12-27(32(34,35)20-38)39-16-10-22(11-17-39)24-5-4-23(18-25(24)33)36-26-6-7-28(41)37-29(26)42/h4-5,18,21-22,26-27,36H,6-17,19-20H2,1-3H3,(H,37,41,42). The maximum Gasteiger partial charge on any atom is 0.410 e. The van der Waals surface area contributed by atoms with E-state index in [0.29, 0.717) is 76.2 Å². The van der Waals surface area contributed by atoms with Crippen molar-refractivity contribution in [1.82, 2.24) is 20.0 Å². The second kappa shape index (κ2) is 13.2. The molecule has 0 bridgehead atoms. The van der Waals surface area contributed by atoms with Crippen LogP contribution in [-0.2, 0) is 14.3 Å². The summed E-state index contributed by atoms with van der Waals surface area (Å²) >= 11 is 0. The average molecular weight is 622 g/mol. The highest BCUT2D eigenvalue weighted by molar-refractivity contribution is 6.01. The summed E-state index contributed by atoms with van der Waals surface area (Å²) in [5.41, 5.74) is 0.496. The van der Waals surface area contributed by atoms with E-state index in [2.05, 4.69) is 10.6 Å². The predicted octanol–water partition coefficient (Wildman–Crippen LogP) is 4.58. The monoisotopic (exact) mass is 621 g/mol. The van der Waals surface area contributed by atoms with Gasteiger partial charge in [-0.3, -0.25) is 24.7 Å². The van der Waals surface area contributed by atoms with E-state index in [1.54, 1.807) is 17.0 Å². The number of halogens is 3. The third kappa shape index (κ3) is 8.04. The van der Waals surface area contributed by atoms with Crippen molar-refractivity contribution >= 4 is 23.6 Å². The van der Waals surface area contributed by atoms with Gasteiger partial charge in [-0.1, -0.05) is 6.07 Å². The molecule has 2 N–H and O–H groups in total. The number of amides is 3. The van der Waals surface area contributed by atoms with Gasteiger partial charge in [-0.25, -0.2) is 18.0 Å². The normalized spacial score (nSPS) is 26.4. The van der Waals surface area contributed by atoms with Gasteiger partial charge in [-0.05, 0) is 102 Å². The highest BCUT2D eigenvalue weighted by Gasteiger charge is 2.48. The molecule has 12 heteroatoms. The molecule has 4 aliphatic rings. The van der Waals surface area contributed by atoms with Crippen LogP contribution in [0, 0.1) is 11.7 Å². The molecule has 0 radical (unpaired) electrons. The molecule has 1 aromatic carbocycles. The Balaban J connectivity index is 1.07. The third-order valence-corrected chi connectivity index (χ3v) is 9.41. The third-order valence-electron chi connectivity index (χ3n) is 9.41. The Bertz CT molecular complexity index is 1210. The van der Waals surface area contributed by atoms with Crippen molar-refractivity contribution in [3.05, 3.63) is 29.6 Å². The van der Waals surface area contributed by atoms with E-state index < -0.39 is 29.5 Å². The summed E-state index contributed by atoms with van der Waals surface area (Å²) < 4.78 is 51.6. The molecule has 0 saturated carbocycles. The topological polar surface area (TPSA) is 94.2 Å². The lowest BCUT2D eigenvalue weighted by Gasteiger charge is -2.46. The zero-order valence-corrected chi connectivity index (χ0v) is 26.0. The fourth-order valence-electron chi connectivity index (χ4n) is 7.10. The molecule has 2 atom stereocenters. The Morgan fingerprint density at radius 2 is 1.73 bits per heavy atom. The fourth-order valence-corrected chi connectivity index (χ4v) is 7.10. The number of piperidine rings is 4. The molecule has 0 aromatic heterocycles. The maximum absolute atomic E-state index is 15.5. The molecule has 5 rings (SSSR count). The predicted molar refractivity (Wildman–Crippen MR) is 160 cm³/mol. The van der Waals surface area contributed by atoms with E-state index in [9.17, 15) is 14.4 Å². The summed E-state index contributed by atoms with van der Waals surface area (Å²) in [5, 5.41) is 5.29. The van der Waals surface area contributed by atoms with Crippen molar-refractivity contribution in [3.8, 4) is 0 Å². The summed E-state index contributed by atoms with van der Waals surface area (Å²) in [5.74, 6) is -3.72. The number of likely N-dealkylation sites (tertiary alicyclic amines) is 3. The molecule has 1 aromatic rings. The number of imide groups is 1. The summed E-state index contributed by atoms with van der Waals surface area (Å²) in [6, 6.07) is 3.41. The van der Waals surface area contributed by atoms with Gasteiger partial charge in [-0.2, -0.15) is 0 Å². The molecule has 4 heterocycles.